The van der Waals surface area contributed by atoms with E-state index in [0.29, 0.717) is 25.5 Å². The Bertz CT molecular complexity index is 762. The van der Waals surface area contributed by atoms with Crippen LogP contribution < -0.4 is 5.32 Å². The van der Waals surface area contributed by atoms with E-state index in [0.717, 1.165) is 69.6 Å². The van der Waals surface area contributed by atoms with Crippen molar-refractivity contribution in [3.8, 4) is 0 Å². The van der Waals surface area contributed by atoms with Crippen molar-refractivity contribution >= 4 is 5.82 Å². The van der Waals surface area contributed by atoms with Gasteiger partial charge in [-0.1, -0.05) is 31.5 Å². The second-order valence-electron chi connectivity index (χ2n) is 8.65. The Morgan fingerprint density at radius 3 is 2.67 bits per heavy atom. The van der Waals surface area contributed by atoms with Crippen molar-refractivity contribution in [1.82, 2.24) is 15.1 Å². The number of hydrogen-bond donors (Lipinski definition) is 3. The van der Waals surface area contributed by atoms with Crippen molar-refractivity contribution in [3.63, 3.8) is 0 Å². The number of aliphatic hydroxyl groups is 1. The number of aromatic nitrogens is 3. The molecule has 3 N–H and O–H groups in total. The Kier molecular flexibility index (Phi) is 15.5. The third-order valence-electron chi connectivity index (χ3n) is 4.99. The third-order valence-corrected chi connectivity index (χ3v) is 4.99. The Labute approximate surface area is 197 Å². The molecule has 9 nitrogen and oxygen atoms in total. The van der Waals surface area contributed by atoms with E-state index < -0.39 is 0 Å². The number of rotatable bonds is 16. The van der Waals surface area contributed by atoms with Crippen LogP contribution in [-0.4, -0.2) is 51.8 Å². The molecular formula is C24H39N5O4. The van der Waals surface area contributed by atoms with Gasteiger partial charge in [-0.15, -0.1) is 0 Å². The van der Waals surface area contributed by atoms with Gasteiger partial charge >= 0.3 is 0 Å². The Morgan fingerprint density at radius 1 is 1.15 bits per heavy atom. The topological polar surface area (TPSA) is 118 Å². The number of aliphatic hydroxyl groups excluding tert-OH is 1. The lowest BCUT2D eigenvalue weighted by Gasteiger charge is -2.21. The van der Waals surface area contributed by atoms with E-state index >= 15 is 0 Å². The molecule has 0 saturated carbocycles. The molecule has 2 heterocycles. The summed E-state index contributed by atoms with van der Waals surface area (Å²) < 4.78 is 5.33. The minimum Gasteiger partial charge on any atom is -0.396 e. The molecule has 0 aliphatic rings. The maximum absolute atomic E-state index is 8.46. The third kappa shape index (κ3) is 15.0. The number of nitrogens with one attached hydrogen (secondary N) is 1. The lowest BCUT2D eigenvalue weighted by molar-refractivity contribution is -0.246. The van der Waals surface area contributed by atoms with Gasteiger partial charge in [-0.3, -0.25) is 5.26 Å². The molecule has 184 valence electrons. The molecule has 0 radical (unpaired) electrons. The first kappa shape index (κ1) is 28.5. The molecule has 0 saturated heterocycles. The van der Waals surface area contributed by atoms with Crippen LogP contribution in [0.3, 0.4) is 0 Å². The zero-order valence-electron chi connectivity index (χ0n) is 20.0. The fraction of sp³-hybridized carbons (Fsp3) is 0.667. The minimum atomic E-state index is -0.0519. The Hall–Kier alpha value is -2.54. The van der Waals surface area contributed by atoms with E-state index in [1.807, 2.05) is 18.2 Å². The van der Waals surface area contributed by atoms with E-state index in [2.05, 4.69) is 44.0 Å². The van der Waals surface area contributed by atoms with Crippen LogP contribution in [0.4, 0.5) is 5.82 Å². The molecule has 2 aromatic heterocycles. The standard InChI is InChI=1S/C18H28N4O3.C6H11NO/c1-18(2,10-13-24-23)14-17-21-16(22-25-17)9-4-3-6-11-19-15-8-5-7-12-20-15;1-7-5-3-2-4-6-8/h5,7-8,12,23H,3-4,6,9-11,13-14H2,1-2H3,(H,19,20);8H,2-6H2. The summed E-state index contributed by atoms with van der Waals surface area (Å²) in [6.45, 7) is 12.7. The second-order valence-corrected chi connectivity index (χ2v) is 8.65. The van der Waals surface area contributed by atoms with Gasteiger partial charge < -0.3 is 19.8 Å². The Morgan fingerprint density at radius 2 is 1.97 bits per heavy atom. The second kappa shape index (κ2) is 18.0. The quantitative estimate of drug-likeness (QED) is 0.141. The SMILES string of the molecule is CC(C)(CCOO)Cc1nc(CCCCCNc2ccccn2)no1.[C-]#[N+]CCCCCO. The first-order chi connectivity index (χ1) is 16.0. The molecule has 0 amide bonds. The average Bonchev–Trinajstić information content (AvgIpc) is 3.25. The molecule has 33 heavy (non-hydrogen) atoms. The predicted octanol–water partition coefficient (Wildman–Crippen LogP) is 4.81. The minimum absolute atomic E-state index is 0.0519. The maximum atomic E-state index is 8.46. The van der Waals surface area contributed by atoms with Crippen molar-refractivity contribution in [2.24, 2.45) is 5.41 Å². The zero-order chi connectivity index (χ0) is 24.2. The van der Waals surface area contributed by atoms with E-state index in [1.165, 1.54) is 0 Å². The van der Waals surface area contributed by atoms with Crippen molar-refractivity contribution in [2.45, 2.75) is 71.6 Å². The van der Waals surface area contributed by atoms with Gasteiger partial charge in [0, 0.05) is 38.6 Å². The average molecular weight is 462 g/mol. The van der Waals surface area contributed by atoms with Crippen LogP contribution in [0, 0.1) is 12.0 Å². The number of aryl methyl sites for hydroxylation is 1. The van der Waals surface area contributed by atoms with Crippen molar-refractivity contribution in [1.29, 1.82) is 0 Å². The number of anilines is 1. The van der Waals surface area contributed by atoms with E-state index in [9.17, 15) is 0 Å². The fourth-order valence-electron chi connectivity index (χ4n) is 3.03. The van der Waals surface area contributed by atoms with Crippen LogP contribution in [0.15, 0.2) is 28.9 Å². The van der Waals surface area contributed by atoms with Gasteiger partial charge in [0.15, 0.2) is 5.82 Å². The zero-order valence-corrected chi connectivity index (χ0v) is 20.0. The van der Waals surface area contributed by atoms with E-state index in [4.69, 9.17) is 21.5 Å². The predicted molar refractivity (Wildman–Crippen MR) is 128 cm³/mol. The molecule has 0 atom stereocenters. The maximum Gasteiger partial charge on any atom is 0.227 e. The summed E-state index contributed by atoms with van der Waals surface area (Å²) in [5.41, 5.74) is -0.0519. The van der Waals surface area contributed by atoms with Crippen LogP contribution in [0.2, 0.25) is 0 Å². The van der Waals surface area contributed by atoms with Crippen LogP contribution in [-0.2, 0) is 17.7 Å². The monoisotopic (exact) mass is 461 g/mol. The summed E-state index contributed by atoms with van der Waals surface area (Å²) >= 11 is 0. The van der Waals surface area contributed by atoms with Crippen molar-refractivity contribution in [3.05, 3.63) is 47.5 Å². The summed E-state index contributed by atoms with van der Waals surface area (Å²) in [5.74, 6) is 2.33. The van der Waals surface area contributed by atoms with E-state index in [1.54, 1.807) is 6.20 Å². The highest BCUT2D eigenvalue weighted by molar-refractivity contribution is 5.32. The molecule has 2 aromatic rings. The lowest BCUT2D eigenvalue weighted by Crippen LogP contribution is -2.17. The summed E-state index contributed by atoms with van der Waals surface area (Å²) in [7, 11) is 0. The van der Waals surface area contributed by atoms with Crippen LogP contribution in [0.5, 0.6) is 0 Å². The first-order valence-electron chi connectivity index (χ1n) is 11.7. The molecule has 0 fully saturated rings. The van der Waals surface area contributed by atoms with Gasteiger partial charge in [-0.25, -0.2) is 16.4 Å². The van der Waals surface area contributed by atoms with Crippen LogP contribution >= 0.6 is 0 Å². The molecule has 0 unspecified atom stereocenters. The van der Waals surface area contributed by atoms with Crippen molar-refractivity contribution in [2.75, 3.05) is 31.6 Å². The van der Waals surface area contributed by atoms with Gasteiger partial charge in [-0.2, -0.15) is 4.98 Å². The highest BCUT2D eigenvalue weighted by Crippen LogP contribution is 2.25. The molecule has 0 aliphatic heterocycles. The molecule has 0 aromatic carbocycles. The molecule has 0 spiro atoms. The molecule has 2 rings (SSSR count). The fourth-order valence-corrected chi connectivity index (χ4v) is 3.03. The molecular weight excluding hydrogens is 422 g/mol. The van der Waals surface area contributed by atoms with Crippen LogP contribution in [0.25, 0.3) is 4.85 Å². The molecule has 0 bridgehead atoms. The van der Waals surface area contributed by atoms with Gasteiger partial charge in [0.2, 0.25) is 12.4 Å². The normalized spacial score (nSPS) is 10.9. The first-order valence-corrected chi connectivity index (χ1v) is 11.7. The summed E-state index contributed by atoms with van der Waals surface area (Å²) in [6, 6.07) is 5.85. The lowest BCUT2D eigenvalue weighted by atomic mass is 9.86. The highest BCUT2D eigenvalue weighted by atomic mass is 17.1. The summed E-state index contributed by atoms with van der Waals surface area (Å²) in [6.07, 6.45) is 9.99. The smallest absolute Gasteiger partial charge is 0.227 e. The van der Waals surface area contributed by atoms with E-state index in [-0.39, 0.29) is 12.0 Å². The number of nitrogens with zero attached hydrogens (tertiary/aromatic N) is 4. The van der Waals surface area contributed by atoms with Crippen LogP contribution in [0.1, 0.15) is 70.5 Å². The highest BCUT2D eigenvalue weighted by Gasteiger charge is 2.22. The molecule has 0 aliphatic carbocycles. The van der Waals surface area contributed by atoms with Crippen molar-refractivity contribution < 1.29 is 19.8 Å². The van der Waals surface area contributed by atoms with Gasteiger partial charge in [0.1, 0.15) is 5.82 Å². The number of unbranched alkanes of at least 4 members (excludes halogenated alkanes) is 4. The summed E-state index contributed by atoms with van der Waals surface area (Å²) in [4.78, 5) is 16.0. The largest absolute Gasteiger partial charge is 0.396 e. The van der Waals surface area contributed by atoms with Gasteiger partial charge in [-0.05, 0) is 49.7 Å². The van der Waals surface area contributed by atoms with Gasteiger partial charge in [0.25, 0.3) is 0 Å². The van der Waals surface area contributed by atoms with Gasteiger partial charge in [0.05, 0.1) is 6.61 Å². The number of pyridine rings is 1. The number of hydrogen-bond acceptors (Lipinski definition) is 8. The Balaban J connectivity index is 0.000000582. The molecule has 9 heteroatoms. The summed E-state index contributed by atoms with van der Waals surface area (Å²) in [5, 5.41) is 24.1.